The third kappa shape index (κ3) is 3.02. The Morgan fingerprint density at radius 3 is 2.82 bits per heavy atom. The molecule has 2 N–H and O–H groups in total. The van der Waals surface area contributed by atoms with E-state index in [1.807, 2.05) is 4.90 Å². The number of hydrogen-bond acceptors (Lipinski definition) is 4. The van der Waals surface area contributed by atoms with Crippen LogP contribution in [-0.4, -0.2) is 51.8 Å². The number of carbonyl (C=O) groups is 2. The summed E-state index contributed by atoms with van der Waals surface area (Å²) in [6.45, 7) is 2.02. The Balaban J connectivity index is 1.69. The highest BCUT2D eigenvalue weighted by Crippen LogP contribution is 2.08. The van der Waals surface area contributed by atoms with E-state index in [1.165, 1.54) is 6.20 Å². The van der Waals surface area contributed by atoms with Crippen molar-refractivity contribution in [2.45, 2.75) is 19.3 Å². The second-order valence-electron chi connectivity index (χ2n) is 3.95. The molecule has 0 saturated carbocycles. The number of aromatic amines is 1. The molecule has 0 bridgehead atoms. The number of rotatable bonds is 4. The number of likely N-dealkylation sites (tertiary alicyclic amines) is 1. The molecule has 17 heavy (non-hydrogen) atoms. The van der Waals surface area contributed by atoms with E-state index in [0.29, 0.717) is 13.0 Å². The van der Waals surface area contributed by atoms with Crippen molar-refractivity contribution in [3.8, 4) is 0 Å². The average Bonchev–Trinajstić information content (AvgIpc) is 3.02. The van der Waals surface area contributed by atoms with Gasteiger partial charge in [-0.25, -0.2) is 0 Å². The van der Waals surface area contributed by atoms with Crippen molar-refractivity contribution in [3.63, 3.8) is 0 Å². The van der Waals surface area contributed by atoms with Crippen molar-refractivity contribution in [1.82, 2.24) is 25.6 Å². The first-order valence-corrected chi connectivity index (χ1v) is 5.69. The van der Waals surface area contributed by atoms with Gasteiger partial charge in [-0.1, -0.05) is 0 Å². The van der Waals surface area contributed by atoms with E-state index in [2.05, 4.69) is 20.7 Å². The van der Waals surface area contributed by atoms with Gasteiger partial charge in [0.2, 0.25) is 5.91 Å². The Bertz CT molecular complexity index is 383. The van der Waals surface area contributed by atoms with E-state index >= 15 is 0 Å². The van der Waals surface area contributed by atoms with E-state index in [1.54, 1.807) is 0 Å². The maximum atomic E-state index is 11.7. The Morgan fingerprint density at radius 2 is 2.18 bits per heavy atom. The van der Waals surface area contributed by atoms with Crippen LogP contribution in [0.3, 0.4) is 0 Å². The summed E-state index contributed by atoms with van der Waals surface area (Å²) in [7, 11) is 0. The number of H-pyrrole nitrogens is 1. The molecule has 2 heterocycles. The fourth-order valence-electron chi connectivity index (χ4n) is 1.81. The zero-order valence-corrected chi connectivity index (χ0v) is 9.48. The first kappa shape index (κ1) is 11.6. The third-order valence-corrected chi connectivity index (χ3v) is 2.73. The Labute approximate surface area is 98.6 Å². The zero-order chi connectivity index (χ0) is 12.1. The number of nitrogens with one attached hydrogen (secondary N) is 2. The number of hydrogen-bond donors (Lipinski definition) is 2. The first-order chi connectivity index (χ1) is 8.27. The van der Waals surface area contributed by atoms with Gasteiger partial charge in [0.25, 0.3) is 5.91 Å². The summed E-state index contributed by atoms with van der Waals surface area (Å²) in [6, 6.07) is 0. The van der Waals surface area contributed by atoms with Crippen LogP contribution in [0.2, 0.25) is 0 Å². The van der Waals surface area contributed by atoms with E-state index in [9.17, 15) is 9.59 Å². The van der Waals surface area contributed by atoms with E-state index in [0.717, 1.165) is 25.9 Å². The summed E-state index contributed by atoms with van der Waals surface area (Å²) in [5, 5.41) is 12.2. The monoisotopic (exact) mass is 237 g/mol. The van der Waals surface area contributed by atoms with Crippen LogP contribution in [0.5, 0.6) is 0 Å². The van der Waals surface area contributed by atoms with Crippen LogP contribution in [0, 0.1) is 0 Å². The molecular weight excluding hydrogens is 222 g/mol. The molecule has 1 aromatic rings. The SMILES string of the molecule is O=C(NCCC(=O)N1CCCC1)c1cn[nH]n1. The lowest BCUT2D eigenvalue weighted by Gasteiger charge is -2.14. The average molecular weight is 237 g/mol. The van der Waals surface area contributed by atoms with Crippen LogP contribution in [0.25, 0.3) is 0 Å². The van der Waals surface area contributed by atoms with Crippen LogP contribution in [-0.2, 0) is 4.79 Å². The summed E-state index contributed by atoms with van der Waals surface area (Å²) < 4.78 is 0. The van der Waals surface area contributed by atoms with Gasteiger partial charge in [-0.3, -0.25) is 9.59 Å². The summed E-state index contributed by atoms with van der Waals surface area (Å²) in [5.74, 6) is -0.212. The Morgan fingerprint density at radius 1 is 1.41 bits per heavy atom. The number of nitrogens with zero attached hydrogens (tertiary/aromatic N) is 3. The van der Waals surface area contributed by atoms with Crippen LogP contribution in [0.4, 0.5) is 0 Å². The lowest BCUT2D eigenvalue weighted by Crippen LogP contribution is -2.32. The Kier molecular flexibility index (Phi) is 3.69. The molecule has 1 fully saturated rings. The molecule has 0 aliphatic carbocycles. The van der Waals surface area contributed by atoms with Gasteiger partial charge in [-0.15, -0.1) is 0 Å². The highest BCUT2D eigenvalue weighted by molar-refractivity contribution is 5.92. The smallest absolute Gasteiger partial charge is 0.273 e. The van der Waals surface area contributed by atoms with Crippen molar-refractivity contribution in [1.29, 1.82) is 0 Å². The molecule has 1 aromatic heterocycles. The van der Waals surface area contributed by atoms with Crippen molar-refractivity contribution < 1.29 is 9.59 Å². The molecule has 0 unspecified atom stereocenters. The standard InChI is InChI=1S/C10H15N5O2/c16-9(15-5-1-2-6-15)3-4-11-10(17)8-7-12-14-13-8/h7H,1-6H2,(H,11,17)(H,12,13,14). The van der Waals surface area contributed by atoms with Crippen molar-refractivity contribution in [2.24, 2.45) is 0 Å². The van der Waals surface area contributed by atoms with Crippen LogP contribution in [0.15, 0.2) is 6.20 Å². The summed E-state index contributed by atoms with van der Waals surface area (Å²) >= 11 is 0. The highest BCUT2D eigenvalue weighted by atomic mass is 16.2. The quantitative estimate of drug-likeness (QED) is 0.741. The minimum absolute atomic E-state index is 0.1000. The fourth-order valence-corrected chi connectivity index (χ4v) is 1.81. The number of aromatic nitrogens is 3. The number of amides is 2. The molecule has 2 amide bonds. The topological polar surface area (TPSA) is 91.0 Å². The minimum Gasteiger partial charge on any atom is -0.350 e. The molecule has 0 atom stereocenters. The number of carbonyl (C=O) groups excluding carboxylic acids is 2. The van der Waals surface area contributed by atoms with Crippen LogP contribution >= 0.6 is 0 Å². The van der Waals surface area contributed by atoms with E-state index in [-0.39, 0.29) is 17.5 Å². The normalized spacial score (nSPS) is 14.9. The molecule has 92 valence electrons. The van der Waals surface area contributed by atoms with Gasteiger partial charge < -0.3 is 10.2 Å². The molecule has 7 nitrogen and oxygen atoms in total. The zero-order valence-electron chi connectivity index (χ0n) is 9.48. The minimum atomic E-state index is -0.312. The predicted molar refractivity (Wildman–Crippen MR) is 59.1 cm³/mol. The van der Waals surface area contributed by atoms with Crippen LogP contribution in [0.1, 0.15) is 29.8 Å². The summed E-state index contributed by atoms with van der Waals surface area (Å²) in [5.41, 5.74) is 0.235. The van der Waals surface area contributed by atoms with Gasteiger partial charge in [0.1, 0.15) is 0 Å². The van der Waals surface area contributed by atoms with Crippen molar-refractivity contribution in [3.05, 3.63) is 11.9 Å². The lowest BCUT2D eigenvalue weighted by molar-refractivity contribution is -0.129. The lowest BCUT2D eigenvalue weighted by atomic mass is 10.3. The van der Waals surface area contributed by atoms with Crippen molar-refractivity contribution >= 4 is 11.8 Å². The summed E-state index contributed by atoms with van der Waals surface area (Å²) in [4.78, 5) is 24.9. The Hall–Kier alpha value is -1.92. The predicted octanol–water partition coefficient (Wildman–Crippen LogP) is -0.453. The van der Waals surface area contributed by atoms with Gasteiger partial charge in [0.15, 0.2) is 5.69 Å². The molecule has 1 aliphatic heterocycles. The molecule has 7 heteroatoms. The molecule has 1 aliphatic rings. The second-order valence-corrected chi connectivity index (χ2v) is 3.95. The third-order valence-electron chi connectivity index (χ3n) is 2.73. The molecule has 1 saturated heterocycles. The molecule has 0 radical (unpaired) electrons. The maximum Gasteiger partial charge on any atom is 0.273 e. The molecule has 0 spiro atoms. The van der Waals surface area contributed by atoms with Gasteiger partial charge in [-0.05, 0) is 12.8 Å². The van der Waals surface area contributed by atoms with E-state index in [4.69, 9.17) is 0 Å². The maximum absolute atomic E-state index is 11.7. The van der Waals surface area contributed by atoms with Gasteiger partial charge in [0, 0.05) is 26.1 Å². The summed E-state index contributed by atoms with van der Waals surface area (Å²) in [6.07, 6.45) is 3.84. The fraction of sp³-hybridized carbons (Fsp3) is 0.600. The second kappa shape index (κ2) is 5.42. The molecule has 2 rings (SSSR count). The largest absolute Gasteiger partial charge is 0.350 e. The van der Waals surface area contributed by atoms with Gasteiger partial charge in [0.05, 0.1) is 6.20 Å². The van der Waals surface area contributed by atoms with Crippen molar-refractivity contribution in [2.75, 3.05) is 19.6 Å². The van der Waals surface area contributed by atoms with E-state index < -0.39 is 0 Å². The van der Waals surface area contributed by atoms with Gasteiger partial charge >= 0.3 is 0 Å². The molecular formula is C10H15N5O2. The first-order valence-electron chi connectivity index (χ1n) is 5.69. The van der Waals surface area contributed by atoms with Gasteiger partial charge in [-0.2, -0.15) is 15.4 Å². The highest BCUT2D eigenvalue weighted by Gasteiger charge is 2.17. The van der Waals surface area contributed by atoms with Crippen LogP contribution < -0.4 is 5.32 Å². The molecule has 0 aromatic carbocycles.